The van der Waals surface area contributed by atoms with Crippen molar-refractivity contribution in [3.63, 3.8) is 0 Å². The van der Waals surface area contributed by atoms with Crippen molar-refractivity contribution in [1.82, 2.24) is 4.90 Å². The average molecular weight is 278 g/mol. The maximum absolute atomic E-state index is 10.8. The monoisotopic (exact) mass is 278 g/mol. The predicted octanol–water partition coefficient (Wildman–Crippen LogP) is -1.73. The molecule has 0 saturated carbocycles. The molecule has 19 heavy (non-hydrogen) atoms. The second kappa shape index (κ2) is 9.68. The Labute approximate surface area is 112 Å². The second-order valence-electron chi connectivity index (χ2n) is 4.28. The van der Waals surface area contributed by atoms with Gasteiger partial charge >= 0.3 is 5.97 Å². The lowest BCUT2D eigenvalue weighted by atomic mass is 10.3. The molecule has 0 rings (SSSR count). The molecule has 0 saturated heterocycles. The number of aliphatic hydroxyl groups excluding tert-OH is 1. The Morgan fingerprint density at radius 3 is 2.42 bits per heavy atom. The number of carboxylic acid groups (broad SMARTS) is 1. The number of aliphatic hydroxyl groups is 1. The molecule has 0 bridgehead atoms. The lowest BCUT2D eigenvalue weighted by Gasteiger charge is -2.23. The van der Waals surface area contributed by atoms with E-state index in [2.05, 4.69) is 0 Å². The third-order valence-corrected chi connectivity index (χ3v) is 2.18. The molecule has 0 heterocycles. The number of nitrogens with zero attached hydrogens (tertiary/aromatic N) is 1. The van der Waals surface area contributed by atoms with Crippen LogP contribution in [0.5, 0.6) is 0 Å². The molecular weight excluding hydrogens is 256 g/mol. The number of ether oxygens (including phenoxy) is 2. The topological polar surface area (TPSA) is 122 Å². The van der Waals surface area contributed by atoms with E-state index in [0.29, 0.717) is 6.61 Å². The van der Waals surface area contributed by atoms with E-state index < -0.39 is 18.0 Å². The summed E-state index contributed by atoms with van der Waals surface area (Å²) in [6, 6.07) is 0. The summed E-state index contributed by atoms with van der Waals surface area (Å²) in [7, 11) is 1.54. The van der Waals surface area contributed by atoms with E-state index in [1.165, 1.54) is 12.0 Å². The standard InChI is InChI=1S/C11H22N2O6/c1-8(6-18-2)19-7-9(14)3-13(4-10(12)15)5-11(16)17/h8-9,14H,3-7H2,1-2H3,(H2,12,15)(H,16,17). The maximum Gasteiger partial charge on any atom is 0.317 e. The number of rotatable bonds is 11. The molecule has 112 valence electrons. The molecule has 0 fully saturated rings. The van der Waals surface area contributed by atoms with E-state index in [1.54, 1.807) is 6.92 Å². The van der Waals surface area contributed by atoms with Gasteiger partial charge in [-0.05, 0) is 6.92 Å². The number of carbonyl (C=O) groups is 2. The molecule has 0 radical (unpaired) electrons. The van der Waals surface area contributed by atoms with Crippen LogP contribution in [0, 0.1) is 0 Å². The van der Waals surface area contributed by atoms with Crippen LogP contribution in [0.1, 0.15) is 6.92 Å². The first-order valence-electron chi connectivity index (χ1n) is 5.86. The van der Waals surface area contributed by atoms with E-state index in [-0.39, 0.29) is 32.3 Å². The lowest BCUT2D eigenvalue weighted by molar-refractivity contribution is -0.139. The van der Waals surface area contributed by atoms with Crippen LogP contribution in [0.2, 0.25) is 0 Å². The molecule has 8 nitrogen and oxygen atoms in total. The fraction of sp³-hybridized carbons (Fsp3) is 0.818. The lowest BCUT2D eigenvalue weighted by Crippen LogP contribution is -2.43. The number of methoxy groups -OCH3 is 1. The van der Waals surface area contributed by atoms with Gasteiger partial charge in [0, 0.05) is 13.7 Å². The minimum atomic E-state index is -1.10. The summed E-state index contributed by atoms with van der Waals surface area (Å²) in [5.41, 5.74) is 5.00. The van der Waals surface area contributed by atoms with Crippen LogP contribution < -0.4 is 5.73 Å². The van der Waals surface area contributed by atoms with Gasteiger partial charge in [-0.3, -0.25) is 14.5 Å². The molecule has 0 aromatic heterocycles. The Morgan fingerprint density at radius 2 is 1.95 bits per heavy atom. The van der Waals surface area contributed by atoms with Gasteiger partial charge in [-0.15, -0.1) is 0 Å². The van der Waals surface area contributed by atoms with Crippen LogP contribution >= 0.6 is 0 Å². The summed E-state index contributed by atoms with van der Waals surface area (Å²) in [4.78, 5) is 22.6. The van der Waals surface area contributed by atoms with Crippen molar-refractivity contribution in [2.75, 3.05) is 40.0 Å². The first kappa shape index (κ1) is 17.8. The minimum Gasteiger partial charge on any atom is -0.480 e. The fourth-order valence-electron chi connectivity index (χ4n) is 1.51. The van der Waals surface area contributed by atoms with E-state index in [4.69, 9.17) is 20.3 Å². The predicted molar refractivity (Wildman–Crippen MR) is 66.6 cm³/mol. The van der Waals surface area contributed by atoms with Crippen molar-refractivity contribution < 1.29 is 29.3 Å². The number of amides is 1. The highest BCUT2D eigenvalue weighted by atomic mass is 16.5. The highest BCUT2D eigenvalue weighted by Crippen LogP contribution is 1.97. The van der Waals surface area contributed by atoms with Crippen LogP contribution in [0.3, 0.4) is 0 Å². The Morgan fingerprint density at radius 1 is 1.32 bits per heavy atom. The van der Waals surface area contributed by atoms with E-state index >= 15 is 0 Å². The summed E-state index contributed by atoms with van der Waals surface area (Å²) >= 11 is 0. The van der Waals surface area contributed by atoms with Crippen LogP contribution in [0.25, 0.3) is 0 Å². The number of hydrogen-bond acceptors (Lipinski definition) is 6. The molecule has 2 unspecified atom stereocenters. The van der Waals surface area contributed by atoms with E-state index in [1.807, 2.05) is 0 Å². The van der Waals surface area contributed by atoms with Crippen molar-refractivity contribution in [3.05, 3.63) is 0 Å². The van der Waals surface area contributed by atoms with E-state index in [9.17, 15) is 14.7 Å². The molecule has 0 aromatic rings. The molecule has 8 heteroatoms. The fourth-order valence-corrected chi connectivity index (χ4v) is 1.51. The van der Waals surface area contributed by atoms with Crippen molar-refractivity contribution in [1.29, 1.82) is 0 Å². The Kier molecular flexibility index (Phi) is 9.06. The van der Waals surface area contributed by atoms with Crippen molar-refractivity contribution in [2.24, 2.45) is 5.73 Å². The smallest absolute Gasteiger partial charge is 0.317 e. The third kappa shape index (κ3) is 10.4. The van der Waals surface area contributed by atoms with Gasteiger partial charge in [0.2, 0.25) is 5.91 Å². The second-order valence-corrected chi connectivity index (χ2v) is 4.28. The molecular formula is C11H22N2O6. The first-order valence-corrected chi connectivity index (χ1v) is 5.86. The van der Waals surface area contributed by atoms with Gasteiger partial charge in [-0.25, -0.2) is 0 Å². The molecule has 1 amide bonds. The molecule has 4 N–H and O–H groups in total. The summed E-state index contributed by atoms with van der Waals surface area (Å²) in [6.45, 7) is 1.61. The quantitative estimate of drug-likeness (QED) is 0.410. The van der Waals surface area contributed by atoms with Gasteiger partial charge in [0.25, 0.3) is 0 Å². The summed E-state index contributed by atoms with van der Waals surface area (Å²) in [5, 5.41) is 18.4. The highest BCUT2D eigenvalue weighted by molar-refractivity contribution is 5.77. The van der Waals surface area contributed by atoms with Crippen molar-refractivity contribution in [2.45, 2.75) is 19.1 Å². The molecule has 0 aliphatic carbocycles. The van der Waals surface area contributed by atoms with E-state index in [0.717, 1.165) is 0 Å². The maximum atomic E-state index is 10.8. The van der Waals surface area contributed by atoms with Crippen LogP contribution in [-0.4, -0.2) is 79.2 Å². The highest BCUT2D eigenvalue weighted by Gasteiger charge is 2.17. The van der Waals surface area contributed by atoms with Gasteiger partial charge in [0.15, 0.2) is 0 Å². The van der Waals surface area contributed by atoms with Gasteiger partial charge in [0.05, 0.1) is 38.5 Å². The average Bonchev–Trinajstić information content (AvgIpc) is 2.24. The van der Waals surface area contributed by atoms with Gasteiger partial charge in [0.1, 0.15) is 0 Å². The summed E-state index contributed by atoms with van der Waals surface area (Å²) < 4.78 is 10.2. The molecule has 0 aliphatic heterocycles. The number of carbonyl (C=O) groups excluding carboxylic acids is 1. The Balaban J connectivity index is 4.10. The Hall–Kier alpha value is -1.22. The molecule has 0 spiro atoms. The van der Waals surface area contributed by atoms with Crippen molar-refractivity contribution >= 4 is 11.9 Å². The van der Waals surface area contributed by atoms with Gasteiger partial charge < -0.3 is 25.4 Å². The Bertz CT molecular complexity index is 270. The first-order chi connectivity index (χ1) is 8.85. The number of primary amides is 1. The third-order valence-electron chi connectivity index (χ3n) is 2.18. The number of nitrogens with two attached hydrogens (primary N) is 1. The van der Waals surface area contributed by atoms with Crippen LogP contribution in [0.4, 0.5) is 0 Å². The number of aliphatic carboxylic acids is 1. The molecule has 0 aromatic carbocycles. The van der Waals surface area contributed by atoms with Crippen LogP contribution in [-0.2, 0) is 19.1 Å². The number of hydrogen-bond donors (Lipinski definition) is 3. The SMILES string of the molecule is COCC(C)OCC(O)CN(CC(N)=O)CC(=O)O. The normalized spacial score (nSPS) is 14.3. The summed E-state index contributed by atoms with van der Waals surface area (Å²) in [5.74, 6) is -1.75. The molecule has 0 aliphatic rings. The van der Waals surface area contributed by atoms with Crippen molar-refractivity contribution in [3.8, 4) is 0 Å². The zero-order valence-electron chi connectivity index (χ0n) is 11.2. The minimum absolute atomic E-state index is 0.00502. The van der Waals surface area contributed by atoms with Crippen LogP contribution in [0.15, 0.2) is 0 Å². The zero-order valence-corrected chi connectivity index (χ0v) is 11.2. The van der Waals surface area contributed by atoms with Gasteiger partial charge in [-0.2, -0.15) is 0 Å². The summed E-state index contributed by atoms with van der Waals surface area (Å²) in [6.07, 6.45) is -1.08. The zero-order chi connectivity index (χ0) is 14.8. The number of carboxylic acids is 1. The molecule has 2 atom stereocenters. The van der Waals surface area contributed by atoms with Gasteiger partial charge in [-0.1, -0.05) is 0 Å². The largest absolute Gasteiger partial charge is 0.480 e.